The Labute approximate surface area is 144 Å². The Morgan fingerprint density at radius 3 is 2.57 bits per heavy atom. The lowest BCUT2D eigenvalue weighted by Crippen LogP contribution is -2.36. The molecular weight excluding hydrogens is 354 g/mol. The summed E-state index contributed by atoms with van der Waals surface area (Å²) >= 11 is 3.61. The van der Waals surface area contributed by atoms with E-state index in [9.17, 15) is 5.21 Å². The van der Waals surface area contributed by atoms with Crippen LogP contribution in [0.25, 0.3) is 10.8 Å². The molecule has 3 rings (SSSR count). The van der Waals surface area contributed by atoms with Gasteiger partial charge in [0.15, 0.2) is 0 Å². The number of halogens is 1. The molecule has 0 spiro atoms. The molecule has 2 aromatic carbocycles. The third-order valence-corrected chi connectivity index (χ3v) is 4.62. The van der Waals surface area contributed by atoms with Crippen molar-refractivity contribution in [3.63, 3.8) is 0 Å². The Hall–Kier alpha value is -2.07. The molecule has 0 fully saturated rings. The summed E-state index contributed by atoms with van der Waals surface area (Å²) in [4.78, 5) is 0. The topological polar surface area (TPSA) is 33.3 Å². The Morgan fingerprint density at radius 2 is 1.87 bits per heavy atom. The minimum absolute atomic E-state index is 0.216. The summed E-state index contributed by atoms with van der Waals surface area (Å²) in [5.74, 6) is 0.998. The van der Waals surface area contributed by atoms with Gasteiger partial charge in [0.25, 0.3) is 5.69 Å². The van der Waals surface area contributed by atoms with Crippen molar-refractivity contribution in [3.05, 3.63) is 70.5 Å². The van der Waals surface area contributed by atoms with Gasteiger partial charge < -0.3 is 4.74 Å². The summed E-state index contributed by atoms with van der Waals surface area (Å²) in [6.07, 6.45) is 1.73. The molecule has 0 amide bonds. The van der Waals surface area contributed by atoms with E-state index in [0.717, 1.165) is 32.3 Å². The van der Waals surface area contributed by atoms with Gasteiger partial charge in [-0.15, -0.1) is 0 Å². The normalized spacial score (nSPS) is 11.1. The number of hydrogen-bond acceptors (Lipinski definition) is 2. The van der Waals surface area contributed by atoms with Crippen LogP contribution >= 0.6 is 15.9 Å². The van der Waals surface area contributed by atoms with Gasteiger partial charge in [-0.05, 0) is 39.7 Å². The first-order chi connectivity index (χ1) is 11.1. The molecule has 0 unspecified atom stereocenters. The Balaban J connectivity index is 1.92. The van der Waals surface area contributed by atoms with E-state index in [-0.39, 0.29) is 5.92 Å². The molecule has 0 radical (unpaired) electrons. The van der Waals surface area contributed by atoms with E-state index in [2.05, 4.69) is 29.8 Å². The molecule has 0 aliphatic heterocycles. The van der Waals surface area contributed by atoms with Gasteiger partial charge in [-0.2, -0.15) is 0 Å². The number of hydrogen-bond donors (Lipinski definition) is 1. The van der Waals surface area contributed by atoms with Crippen molar-refractivity contribution in [3.8, 4) is 5.75 Å². The highest BCUT2D eigenvalue weighted by atomic mass is 79.9. The molecule has 3 nitrogen and oxygen atoms in total. The maximum Gasteiger partial charge on any atom is 0.251 e. The zero-order valence-electron chi connectivity index (χ0n) is 13.2. The fraction of sp³-hybridized carbons (Fsp3) is 0.211. The maximum atomic E-state index is 10.2. The summed E-state index contributed by atoms with van der Waals surface area (Å²) in [5, 5.41) is 12.2. The second-order valence-electron chi connectivity index (χ2n) is 5.85. The highest BCUT2D eigenvalue weighted by Crippen LogP contribution is 2.31. The van der Waals surface area contributed by atoms with Gasteiger partial charge in [-0.1, -0.05) is 44.2 Å². The van der Waals surface area contributed by atoms with E-state index in [1.54, 1.807) is 6.20 Å². The standard InChI is InChI=1S/C19H19BrNO2/c1-13(2)19-18(20)17-9-8-16(10-15(17)11-21(19)22)23-12-14-6-4-3-5-7-14/h3-11,13,22H,12H2,1-2H3/q+1. The SMILES string of the molecule is CC(C)c1c(Br)c2ccc(OCc3ccccc3)cc2c[n+]1O. The van der Waals surface area contributed by atoms with Gasteiger partial charge in [0, 0.05) is 16.0 Å². The first kappa shape index (κ1) is 15.8. The van der Waals surface area contributed by atoms with Crippen LogP contribution in [-0.2, 0) is 6.61 Å². The third-order valence-electron chi connectivity index (χ3n) is 3.79. The Morgan fingerprint density at radius 1 is 1.13 bits per heavy atom. The highest BCUT2D eigenvalue weighted by molar-refractivity contribution is 9.10. The average molecular weight is 373 g/mol. The van der Waals surface area contributed by atoms with Crippen LogP contribution < -0.4 is 9.47 Å². The summed E-state index contributed by atoms with van der Waals surface area (Å²) in [7, 11) is 0. The zero-order chi connectivity index (χ0) is 16.4. The van der Waals surface area contributed by atoms with E-state index in [1.165, 1.54) is 4.73 Å². The minimum Gasteiger partial charge on any atom is -0.489 e. The lowest BCUT2D eigenvalue weighted by Gasteiger charge is -2.09. The molecular formula is C19H19BrNO2+. The second-order valence-corrected chi connectivity index (χ2v) is 6.64. The molecule has 4 heteroatoms. The van der Waals surface area contributed by atoms with Crippen molar-refractivity contribution in [1.29, 1.82) is 0 Å². The van der Waals surface area contributed by atoms with Crippen LogP contribution in [0.1, 0.15) is 31.0 Å². The predicted molar refractivity (Wildman–Crippen MR) is 93.9 cm³/mol. The molecule has 1 aromatic heterocycles. The maximum absolute atomic E-state index is 10.2. The number of fused-ring (bicyclic) bond motifs is 1. The van der Waals surface area contributed by atoms with Gasteiger partial charge >= 0.3 is 0 Å². The largest absolute Gasteiger partial charge is 0.489 e. The van der Waals surface area contributed by atoms with Crippen molar-refractivity contribution in [2.45, 2.75) is 26.4 Å². The molecule has 23 heavy (non-hydrogen) atoms. The Bertz CT molecular complexity index is 832. The fourth-order valence-electron chi connectivity index (χ4n) is 2.64. The van der Waals surface area contributed by atoms with E-state index >= 15 is 0 Å². The van der Waals surface area contributed by atoms with Crippen LogP contribution in [0.3, 0.4) is 0 Å². The molecule has 0 aliphatic carbocycles. The first-order valence-corrected chi connectivity index (χ1v) is 8.39. The van der Waals surface area contributed by atoms with Gasteiger partial charge in [0.05, 0.1) is 9.86 Å². The summed E-state index contributed by atoms with van der Waals surface area (Å²) in [6.45, 7) is 4.63. The molecule has 0 bridgehead atoms. The van der Waals surface area contributed by atoms with Crippen LogP contribution in [0, 0.1) is 0 Å². The lowest BCUT2D eigenvalue weighted by molar-refractivity contribution is -0.909. The first-order valence-electron chi connectivity index (χ1n) is 7.60. The van der Waals surface area contributed by atoms with E-state index in [1.807, 2.05) is 48.5 Å². The fourth-order valence-corrected chi connectivity index (χ4v) is 3.64. The number of pyridine rings is 1. The number of nitrogens with zero attached hydrogens (tertiary/aromatic N) is 1. The van der Waals surface area contributed by atoms with Crippen molar-refractivity contribution in [2.24, 2.45) is 0 Å². The summed E-state index contributed by atoms with van der Waals surface area (Å²) < 4.78 is 7.96. The molecule has 1 heterocycles. The average Bonchev–Trinajstić information content (AvgIpc) is 2.53. The van der Waals surface area contributed by atoms with E-state index in [4.69, 9.17) is 4.74 Å². The molecule has 1 N–H and O–H groups in total. The second kappa shape index (κ2) is 6.59. The van der Waals surface area contributed by atoms with Crippen LogP contribution in [-0.4, -0.2) is 5.21 Å². The van der Waals surface area contributed by atoms with Crippen molar-refractivity contribution < 1.29 is 14.7 Å². The van der Waals surface area contributed by atoms with Gasteiger partial charge in [0.2, 0.25) is 6.20 Å². The minimum atomic E-state index is 0.216. The van der Waals surface area contributed by atoms with Crippen LogP contribution in [0.2, 0.25) is 0 Å². The van der Waals surface area contributed by atoms with Crippen LogP contribution in [0.4, 0.5) is 0 Å². The Kier molecular flexibility index (Phi) is 4.53. The molecule has 118 valence electrons. The number of ether oxygens (including phenoxy) is 1. The van der Waals surface area contributed by atoms with Crippen LogP contribution in [0.5, 0.6) is 5.75 Å². The monoisotopic (exact) mass is 372 g/mol. The van der Waals surface area contributed by atoms with Crippen molar-refractivity contribution in [1.82, 2.24) is 0 Å². The number of benzene rings is 2. The quantitative estimate of drug-likeness (QED) is 0.525. The van der Waals surface area contributed by atoms with Gasteiger partial charge in [0.1, 0.15) is 12.4 Å². The van der Waals surface area contributed by atoms with Gasteiger partial charge in [-0.25, -0.2) is 0 Å². The van der Waals surface area contributed by atoms with Gasteiger partial charge in [-0.3, -0.25) is 5.21 Å². The van der Waals surface area contributed by atoms with E-state index < -0.39 is 0 Å². The lowest BCUT2D eigenvalue weighted by atomic mass is 10.1. The molecule has 0 saturated heterocycles. The molecule has 0 atom stereocenters. The molecule has 3 aromatic rings. The third kappa shape index (κ3) is 3.32. The van der Waals surface area contributed by atoms with E-state index in [0.29, 0.717) is 6.61 Å². The molecule has 0 saturated carbocycles. The summed E-state index contributed by atoms with van der Waals surface area (Å²) in [5.41, 5.74) is 1.98. The zero-order valence-corrected chi connectivity index (χ0v) is 14.7. The number of aromatic nitrogens is 1. The van der Waals surface area contributed by atoms with Crippen LogP contribution in [0.15, 0.2) is 59.2 Å². The predicted octanol–water partition coefficient (Wildman–Crippen LogP) is 4.83. The number of rotatable bonds is 4. The van der Waals surface area contributed by atoms with Crippen molar-refractivity contribution >= 4 is 26.7 Å². The summed E-state index contributed by atoms with van der Waals surface area (Å²) in [6, 6.07) is 16.0. The van der Waals surface area contributed by atoms with Crippen molar-refractivity contribution in [2.75, 3.05) is 0 Å². The highest BCUT2D eigenvalue weighted by Gasteiger charge is 2.22. The smallest absolute Gasteiger partial charge is 0.251 e. The molecule has 0 aliphatic rings.